The van der Waals surface area contributed by atoms with Gasteiger partial charge in [0.15, 0.2) is 11.6 Å². The van der Waals surface area contributed by atoms with Crippen LogP contribution in [0.15, 0.2) is 199 Å². The third-order valence-corrected chi connectivity index (χ3v) is 12.2. The smallest absolute Gasteiger partial charge is 0.238 e. The molecule has 13 aromatic rings. The Balaban J connectivity index is 1.10. The molecule has 0 saturated heterocycles. The number of benzene rings is 10. The fourth-order valence-corrected chi connectivity index (χ4v) is 9.42. The van der Waals surface area contributed by atoms with Crippen LogP contribution in [0, 0.1) is 0 Å². The van der Waals surface area contributed by atoms with Crippen LogP contribution < -0.4 is 0 Å². The van der Waals surface area contributed by atoms with E-state index < -0.39 is 0 Å². The maximum atomic E-state index is 6.77. The lowest BCUT2D eigenvalue weighted by atomic mass is 9.93. The van der Waals surface area contributed by atoms with Crippen LogP contribution in [0.5, 0.6) is 0 Å². The molecule has 0 aliphatic carbocycles. The quantitative estimate of drug-likeness (QED) is 0.179. The summed E-state index contributed by atoms with van der Waals surface area (Å²) in [7, 11) is 0. The first-order valence-electron chi connectivity index (χ1n) is 20.3. The summed E-state index contributed by atoms with van der Waals surface area (Å²) >= 11 is 0. The number of aromatic nitrogens is 4. The summed E-state index contributed by atoms with van der Waals surface area (Å²) in [5.74, 6) is 1.67. The number of hydrogen-bond donors (Lipinski definition) is 0. The van der Waals surface area contributed by atoms with Gasteiger partial charge in [-0.3, -0.25) is 4.57 Å². The maximum absolute atomic E-state index is 6.77. The Morgan fingerprint density at radius 2 is 0.950 bits per heavy atom. The molecule has 278 valence electrons. The van der Waals surface area contributed by atoms with Crippen LogP contribution >= 0.6 is 0 Å². The van der Waals surface area contributed by atoms with Gasteiger partial charge in [-0.1, -0.05) is 152 Å². The van der Waals surface area contributed by atoms with Gasteiger partial charge in [0, 0.05) is 27.1 Å². The summed E-state index contributed by atoms with van der Waals surface area (Å²) in [5.41, 5.74) is 7.68. The Bertz CT molecular complexity index is 3910. The number of nitrogens with zero attached hydrogens (tertiary/aromatic N) is 4. The zero-order chi connectivity index (χ0) is 39.3. The first-order valence-corrected chi connectivity index (χ1v) is 20.3. The molecule has 0 aliphatic heterocycles. The summed E-state index contributed by atoms with van der Waals surface area (Å²) in [6, 6.07) is 68.7. The Hall–Kier alpha value is -8.15. The van der Waals surface area contributed by atoms with Crippen LogP contribution in [0.2, 0.25) is 0 Å². The van der Waals surface area contributed by atoms with E-state index in [-0.39, 0.29) is 0 Å². The van der Waals surface area contributed by atoms with Gasteiger partial charge in [-0.05, 0) is 96.7 Å². The lowest BCUT2D eigenvalue weighted by Gasteiger charge is -2.14. The van der Waals surface area contributed by atoms with Crippen molar-refractivity contribution < 1.29 is 4.42 Å². The largest absolute Gasteiger partial charge is 0.455 e. The molecular formula is C55H32N4O. The minimum Gasteiger partial charge on any atom is -0.455 e. The van der Waals surface area contributed by atoms with Crippen molar-refractivity contribution in [2.45, 2.75) is 0 Å². The molecule has 5 nitrogen and oxygen atoms in total. The number of hydrogen-bond acceptors (Lipinski definition) is 4. The molecule has 0 bridgehead atoms. The van der Waals surface area contributed by atoms with Gasteiger partial charge in [0.1, 0.15) is 11.2 Å². The van der Waals surface area contributed by atoms with Gasteiger partial charge in [0.05, 0.1) is 16.6 Å². The van der Waals surface area contributed by atoms with Crippen molar-refractivity contribution in [2.75, 3.05) is 0 Å². The third-order valence-electron chi connectivity index (χ3n) is 12.2. The van der Waals surface area contributed by atoms with E-state index in [1.54, 1.807) is 0 Å². The minimum absolute atomic E-state index is 0.540. The summed E-state index contributed by atoms with van der Waals surface area (Å²) < 4.78 is 8.97. The second-order valence-corrected chi connectivity index (χ2v) is 15.6. The zero-order valence-electron chi connectivity index (χ0n) is 32.2. The standard InChI is InChI=1S/C55H32N4O/c1-2-14-35-30-38(25-24-33(35)12-1)39-27-28-44(42-19-8-7-18-41(39)42)53-56-54(46-22-11-21-43-47-31-36-15-3-4-16-37(36)32-50(47)60-52(43)46)58-55(57-53)59-48-23-10-9-20-45(48)51-40-17-6-5-13-34(40)26-29-49(51)59/h1-32H. The van der Waals surface area contributed by atoms with Crippen LogP contribution in [0.3, 0.4) is 0 Å². The first-order chi connectivity index (χ1) is 29.7. The van der Waals surface area contributed by atoms with E-state index in [1.165, 1.54) is 32.3 Å². The van der Waals surface area contributed by atoms with Crippen LogP contribution in [0.1, 0.15) is 0 Å². The van der Waals surface area contributed by atoms with Gasteiger partial charge in [-0.25, -0.2) is 4.98 Å². The highest BCUT2D eigenvalue weighted by molar-refractivity contribution is 6.21. The van der Waals surface area contributed by atoms with E-state index in [4.69, 9.17) is 19.4 Å². The van der Waals surface area contributed by atoms with Gasteiger partial charge in [-0.15, -0.1) is 0 Å². The summed E-state index contributed by atoms with van der Waals surface area (Å²) in [6.45, 7) is 0. The molecule has 0 saturated carbocycles. The molecule has 10 aromatic carbocycles. The van der Waals surface area contributed by atoms with Crippen LogP contribution in [-0.4, -0.2) is 19.5 Å². The van der Waals surface area contributed by atoms with Crippen LogP contribution in [0.4, 0.5) is 0 Å². The molecule has 0 radical (unpaired) electrons. The average molecular weight is 765 g/mol. The SMILES string of the molecule is c1ccc2cc(-c3ccc(-c4nc(-c5cccc6c5oc5cc7ccccc7cc56)nc(-n5c6ccccc6c6c7ccccc7ccc65)n4)c4ccccc34)ccc2c1. The molecule has 3 aromatic heterocycles. The molecule has 5 heteroatoms. The number of fused-ring (bicyclic) bond motifs is 11. The van der Waals surface area contributed by atoms with E-state index in [1.807, 2.05) is 0 Å². The summed E-state index contributed by atoms with van der Waals surface area (Å²) in [5, 5.41) is 13.7. The maximum Gasteiger partial charge on any atom is 0.238 e. The lowest BCUT2D eigenvalue weighted by molar-refractivity contribution is 0.670. The molecule has 0 amide bonds. The van der Waals surface area contributed by atoms with E-state index in [0.717, 1.165) is 76.8 Å². The third kappa shape index (κ3) is 4.90. The predicted octanol–water partition coefficient (Wildman–Crippen LogP) is 14.5. The summed E-state index contributed by atoms with van der Waals surface area (Å²) in [4.78, 5) is 16.2. The second-order valence-electron chi connectivity index (χ2n) is 15.6. The minimum atomic E-state index is 0.540. The zero-order valence-corrected chi connectivity index (χ0v) is 32.2. The molecule has 0 aliphatic rings. The fraction of sp³-hybridized carbons (Fsp3) is 0. The molecule has 13 rings (SSSR count). The van der Waals surface area contributed by atoms with Gasteiger partial charge < -0.3 is 4.42 Å². The highest BCUT2D eigenvalue weighted by atomic mass is 16.3. The Kier molecular flexibility index (Phi) is 6.95. The monoisotopic (exact) mass is 764 g/mol. The van der Waals surface area contributed by atoms with E-state index >= 15 is 0 Å². The van der Waals surface area contributed by atoms with E-state index in [9.17, 15) is 0 Å². The van der Waals surface area contributed by atoms with Gasteiger partial charge in [0.2, 0.25) is 5.95 Å². The predicted molar refractivity (Wildman–Crippen MR) is 248 cm³/mol. The first kappa shape index (κ1) is 32.9. The highest BCUT2D eigenvalue weighted by Crippen LogP contribution is 2.41. The topological polar surface area (TPSA) is 56.7 Å². The van der Waals surface area contributed by atoms with Crippen molar-refractivity contribution in [1.82, 2.24) is 19.5 Å². The van der Waals surface area contributed by atoms with Crippen LogP contribution in [0.25, 0.3) is 127 Å². The van der Waals surface area contributed by atoms with Crippen molar-refractivity contribution >= 4 is 86.8 Å². The van der Waals surface area contributed by atoms with Gasteiger partial charge in [0.25, 0.3) is 0 Å². The molecule has 0 fully saturated rings. The normalized spacial score (nSPS) is 12.0. The van der Waals surface area contributed by atoms with Gasteiger partial charge >= 0.3 is 0 Å². The second kappa shape index (κ2) is 12.7. The highest BCUT2D eigenvalue weighted by Gasteiger charge is 2.22. The Morgan fingerprint density at radius 3 is 1.77 bits per heavy atom. The Labute approximate surface area is 343 Å². The average Bonchev–Trinajstić information content (AvgIpc) is 3.85. The molecule has 0 N–H and O–H groups in total. The van der Waals surface area contributed by atoms with Crippen molar-refractivity contribution in [3.63, 3.8) is 0 Å². The molecule has 0 spiro atoms. The van der Waals surface area contributed by atoms with Crippen molar-refractivity contribution in [3.8, 4) is 39.9 Å². The number of rotatable bonds is 4. The molecular weight excluding hydrogens is 733 g/mol. The van der Waals surface area contributed by atoms with Crippen molar-refractivity contribution in [1.29, 1.82) is 0 Å². The number of para-hydroxylation sites is 2. The Morgan fingerprint density at radius 1 is 0.350 bits per heavy atom. The number of furan rings is 1. The fourth-order valence-electron chi connectivity index (χ4n) is 9.42. The summed E-state index contributed by atoms with van der Waals surface area (Å²) in [6.07, 6.45) is 0. The molecule has 3 heterocycles. The van der Waals surface area contributed by atoms with E-state index in [2.05, 4.69) is 199 Å². The van der Waals surface area contributed by atoms with Gasteiger partial charge in [-0.2, -0.15) is 9.97 Å². The van der Waals surface area contributed by atoms with Crippen molar-refractivity contribution in [3.05, 3.63) is 194 Å². The molecule has 0 unspecified atom stereocenters. The molecule has 60 heavy (non-hydrogen) atoms. The van der Waals surface area contributed by atoms with Crippen LogP contribution in [-0.2, 0) is 0 Å². The van der Waals surface area contributed by atoms with Crippen molar-refractivity contribution in [2.24, 2.45) is 0 Å². The molecule has 0 atom stereocenters. The van der Waals surface area contributed by atoms with E-state index in [0.29, 0.717) is 17.6 Å². The lowest BCUT2D eigenvalue weighted by Crippen LogP contribution is -2.06.